The van der Waals surface area contributed by atoms with Gasteiger partial charge in [-0.05, 0) is 53.1 Å². The largest absolute Gasteiger partial charge is 0.504 e. The lowest BCUT2D eigenvalue weighted by molar-refractivity contribution is -0.116. The Hall–Kier alpha value is -2.23. The number of halogens is 1. The van der Waals surface area contributed by atoms with Gasteiger partial charge in [-0.2, -0.15) is 0 Å². The van der Waals surface area contributed by atoms with Crippen LogP contribution in [0.15, 0.2) is 28.2 Å². The number of fused-ring (bicyclic) bond motifs is 1. The first-order valence-electron chi connectivity index (χ1n) is 7.91. The van der Waals surface area contributed by atoms with E-state index in [4.69, 9.17) is 4.74 Å². The molecule has 8 heteroatoms. The molecule has 2 aromatic rings. The first-order valence-corrected chi connectivity index (χ1v) is 8.99. The Balaban J connectivity index is 1.99. The third kappa shape index (κ3) is 2.46. The minimum absolute atomic E-state index is 0.0482. The molecule has 4 rings (SSSR count). The number of allylic oxidation sites excluding steroid dienone is 2. The number of H-pyrrole nitrogens is 2. The first kappa shape index (κ1) is 16.2. The van der Waals surface area contributed by atoms with Gasteiger partial charge in [-0.1, -0.05) is 0 Å². The zero-order valence-corrected chi connectivity index (χ0v) is 15.6. The van der Waals surface area contributed by atoms with E-state index in [-0.39, 0.29) is 17.1 Å². The van der Waals surface area contributed by atoms with Gasteiger partial charge in [-0.15, -0.1) is 0 Å². The Labute approximate surface area is 156 Å². The van der Waals surface area contributed by atoms with Crippen LogP contribution < -0.4 is 15.6 Å². The molecule has 1 aromatic heterocycles. The number of benzene rings is 1. The Bertz CT molecular complexity index is 973. The zero-order chi connectivity index (χ0) is 17.7. The molecule has 0 saturated heterocycles. The van der Waals surface area contributed by atoms with Gasteiger partial charge in [-0.3, -0.25) is 19.8 Å². The van der Waals surface area contributed by atoms with E-state index in [2.05, 4.69) is 15.5 Å². The molecule has 0 amide bonds. The average Bonchev–Trinajstić information content (AvgIpc) is 2.96. The normalized spacial score (nSPS) is 19.3. The number of hydrogen-bond acceptors (Lipinski definition) is 5. The topological polar surface area (TPSA) is 107 Å². The van der Waals surface area contributed by atoms with Crippen LogP contribution in [0.1, 0.15) is 36.3 Å². The smallest absolute Gasteiger partial charge is 0.270 e. The second kappa shape index (κ2) is 5.94. The van der Waals surface area contributed by atoms with Gasteiger partial charge < -0.3 is 15.2 Å². The molecule has 7 nitrogen and oxygen atoms in total. The molecular weight excluding hydrogens is 437 g/mol. The number of phenols is 1. The van der Waals surface area contributed by atoms with Crippen LogP contribution in [0.25, 0.3) is 0 Å². The van der Waals surface area contributed by atoms with Gasteiger partial charge in [0.2, 0.25) is 0 Å². The lowest BCUT2D eigenvalue weighted by atomic mass is 9.77. The fourth-order valence-corrected chi connectivity index (χ4v) is 4.24. The van der Waals surface area contributed by atoms with E-state index < -0.39 is 5.92 Å². The predicted octanol–water partition coefficient (Wildman–Crippen LogP) is 2.59. The summed E-state index contributed by atoms with van der Waals surface area (Å²) in [7, 11) is 1.47. The van der Waals surface area contributed by atoms with Crippen molar-refractivity contribution in [1.82, 2.24) is 10.2 Å². The third-order valence-corrected chi connectivity index (χ3v) is 5.55. The summed E-state index contributed by atoms with van der Waals surface area (Å²) in [4.78, 5) is 25.1. The maximum absolute atomic E-state index is 12.7. The van der Waals surface area contributed by atoms with E-state index in [1.54, 1.807) is 12.1 Å². The monoisotopic (exact) mass is 453 g/mol. The zero-order valence-electron chi connectivity index (χ0n) is 13.4. The number of aromatic amines is 2. The lowest BCUT2D eigenvalue weighted by Crippen LogP contribution is -2.29. The second-order valence-corrected chi connectivity index (χ2v) is 7.31. The number of anilines is 1. The molecule has 0 bridgehead atoms. The van der Waals surface area contributed by atoms with Crippen LogP contribution in [0.2, 0.25) is 0 Å². The van der Waals surface area contributed by atoms with Crippen LogP contribution in [0.4, 0.5) is 5.82 Å². The summed E-state index contributed by atoms with van der Waals surface area (Å²) in [6.07, 6.45) is 2.02. The molecule has 0 unspecified atom stereocenters. The number of aromatic nitrogens is 2. The van der Waals surface area contributed by atoms with Crippen molar-refractivity contribution in [3.63, 3.8) is 0 Å². The number of rotatable bonds is 2. The van der Waals surface area contributed by atoms with Crippen molar-refractivity contribution in [2.24, 2.45) is 0 Å². The number of aromatic hydroxyl groups is 1. The molecule has 130 valence electrons. The minimum atomic E-state index is -0.489. The Morgan fingerprint density at radius 1 is 1.24 bits per heavy atom. The van der Waals surface area contributed by atoms with Gasteiger partial charge in [0.25, 0.3) is 5.56 Å². The summed E-state index contributed by atoms with van der Waals surface area (Å²) in [5.74, 6) is 0.516. The highest BCUT2D eigenvalue weighted by Gasteiger charge is 2.38. The van der Waals surface area contributed by atoms with Gasteiger partial charge in [0.05, 0.1) is 16.2 Å². The van der Waals surface area contributed by atoms with E-state index >= 15 is 0 Å². The highest BCUT2D eigenvalue weighted by atomic mass is 127. The predicted molar refractivity (Wildman–Crippen MR) is 100 cm³/mol. The first-order chi connectivity index (χ1) is 12.0. The van der Waals surface area contributed by atoms with Crippen molar-refractivity contribution < 1.29 is 14.6 Å². The molecule has 1 atom stereocenters. The number of ether oxygens (including phenoxy) is 1. The number of hydrogen-bond donors (Lipinski definition) is 4. The van der Waals surface area contributed by atoms with Crippen molar-refractivity contribution in [3.8, 4) is 11.5 Å². The van der Waals surface area contributed by atoms with E-state index in [9.17, 15) is 14.7 Å². The van der Waals surface area contributed by atoms with Gasteiger partial charge >= 0.3 is 0 Å². The number of phenolic OH excluding ortho intramolecular Hbond substituents is 1. The van der Waals surface area contributed by atoms with Crippen LogP contribution >= 0.6 is 22.6 Å². The van der Waals surface area contributed by atoms with Crippen LogP contribution in [-0.4, -0.2) is 28.2 Å². The molecule has 0 fully saturated rings. The van der Waals surface area contributed by atoms with Crippen LogP contribution in [0.5, 0.6) is 11.5 Å². The van der Waals surface area contributed by atoms with Crippen molar-refractivity contribution >= 4 is 34.2 Å². The maximum Gasteiger partial charge on any atom is 0.270 e. The quantitative estimate of drug-likeness (QED) is 0.523. The minimum Gasteiger partial charge on any atom is -0.504 e. The van der Waals surface area contributed by atoms with E-state index in [0.29, 0.717) is 32.7 Å². The molecule has 1 aliphatic carbocycles. The molecule has 2 aliphatic rings. The molecule has 0 radical (unpaired) electrons. The summed E-state index contributed by atoms with van der Waals surface area (Å²) < 4.78 is 5.86. The molecule has 0 saturated carbocycles. The number of carbonyl (C=O) groups excluding carboxylic acids is 1. The highest BCUT2D eigenvalue weighted by Crippen LogP contribution is 2.45. The van der Waals surface area contributed by atoms with Gasteiger partial charge in [0.1, 0.15) is 5.82 Å². The number of methoxy groups -OCH3 is 1. The summed E-state index contributed by atoms with van der Waals surface area (Å²) in [5.41, 5.74) is 2.45. The number of ketones is 1. The molecule has 1 aliphatic heterocycles. The van der Waals surface area contributed by atoms with Crippen molar-refractivity contribution in [2.75, 3.05) is 12.4 Å². The summed E-state index contributed by atoms with van der Waals surface area (Å²) in [5, 5.41) is 18.8. The van der Waals surface area contributed by atoms with Crippen molar-refractivity contribution in [2.45, 2.75) is 25.2 Å². The lowest BCUT2D eigenvalue weighted by Gasteiger charge is -2.31. The highest BCUT2D eigenvalue weighted by molar-refractivity contribution is 14.1. The molecule has 1 aromatic carbocycles. The molecule has 25 heavy (non-hydrogen) atoms. The average molecular weight is 453 g/mol. The summed E-state index contributed by atoms with van der Waals surface area (Å²) in [6.45, 7) is 0. The SMILES string of the molecule is COc1cc([C@H]2C3=C(CCCC3=O)Nc3[nH][nH]c(=O)c32)cc(I)c1O. The van der Waals surface area contributed by atoms with Gasteiger partial charge in [0.15, 0.2) is 17.3 Å². The molecule has 0 spiro atoms. The van der Waals surface area contributed by atoms with Crippen molar-refractivity contribution in [1.29, 1.82) is 0 Å². The third-order valence-electron chi connectivity index (χ3n) is 4.73. The van der Waals surface area contributed by atoms with Crippen molar-refractivity contribution in [3.05, 3.63) is 48.5 Å². The van der Waals surface area contributed by atoms with Crippen LogP contribution in [0.3, 0.4) is 0 Å². The Morgan fingerprint density at radius 3 is 2.80 bits per heavy atom. The molecular formula is C17H16IN3O4. The van der Waals surface area contributed by atoms with Gasteiger partial charge in [0, 0.05) is 23.6 Å². The fourth-order valence-electron chi connectivity index (χ4n) is 3.61. The van der Waals surface area contributed by atoms with Crippen LogP contribution in [-0.2, 0) is 4.79 Å². The standard InChI is InChI=1S/C17H16IN3O4/c1-25-11-6-7(5-8(18)15(11)23)12-13-9(3-2-4-10(13)22)19-16-14(12)17(24)21-20-16/h5-6,12,23H,2-4H2,1H3,(H3,19,20,21,24)/t12-/m0/s1. The summed E-state index contributed by atoms with van der Waals surface area (Å²) in [6, 6.07) is 3.48. The second-order valence-electron chi connectivity index (χ2n) is 6.15. The van der Waals surface area contributed by atoms with E-state index in [1.807, 2.05) is 22.6 Å². The van der Waals surface area contributed by atoms with Gasteiger partial charge in [-0.25, -0.2) is 0 Å². The molecule has 2 heterocycles. The van der Waals surface area contributed by atoms with E-state index in [1.165, 1.54) is 7.11 Å². The number of Topliss-reactive ketones (excluding diaryl/α,β-unsaturated/α-hetero) is 1. The van der Waals surface area contributed by atoms with Crippen LogP contribution in [0, 0.1) is 3.57 Å². The Kier molecular flexibility index (Phi) is 3.86. The van der Waals surface area contributed by atoms with E-state index in [0.717, 1.165) is 24.1 Å². The maximum atomic E-state index is 12.7. The summed E-state index contributed by atoms with van der Waals surface area (Å²) >= 11 is 2.01. The fraction of sp³-hybridized carbons (Fsp3) is 0.294. The number of nitrogens with one attached hydrogen (secondary N) is 3. The Morgan fingerprint density at radius 2 is 2.04 bits per heavy atom. The molecule has 4 N–H and O–H groups in total. The number of carbonyl (C=O) groups is 1.